The SMILES string of the molecule is O=C1CC2=CC3(C=C2)CCC(C3)[C@](O)(C(F)(F)F)C(=O)NCc2cccc(c2)CC(=O)Nc2nnc(s2)CCCCc2ccc(nn2)N1. The van der Waals surface area contributed by atoms with Crippen LogP contribution in [0.15, 0.2) is 60.2 Å². The fourth-order valence-electron chi connectivity index (χ4n) is 6.57. The van der Waals surface area contributed by atoms with Crippen molar-refractivity contribution in [3.63, 3.8) is 0 Å². The molecule has 0 saturated heterocycles. The Bertz CT molecular complexity index is 1760. The summed E-state index contributed by atoms with van der Waals surface area (Å²) in [6, 6.07) is 10.0. The lowest BCUT2D eigenvalue weighted by Crippen LogP contribution is -2.61. The normalized spacial score (nSPS) is 25.7. The van der Waals surface area contributed by atoms with Crippen LogP contribution in [-0.2, 0) is 40.2 Å². The average molecular weight is 682 g/mol. The van der Waals surface area contributed by atoms with Gasteiger partial charge in [-0.1, -0.05) is 53.8 Å². The van der Waals surface area contributed by atoms with Crippen LogP contribution in [0.1, 0.15) is 60.4 Å². The lowest BCUT2D eigenvalue weighted by Gasteiger charge is -2.35. The molecule has 11 nitrogen and oxygen atoms in total. The molecule has 3 aromatic rings. The summed E-state index contributed by atoms with van der Waals surface area (Å²) in [6.07, 6.45) is 3.02. The second-order valence-electron chi connectivity index (χ2n) is 12.6. The molecule has 2 aliphatic heterocycles. The van der Waals surface area contributed by atoms with Crippen molar-refractivity contribution in [2.75, 3.05) is 10.6 Å². The monoisotopic (exact) mass is 681 g/mol. The van der Waals surface area contributed by atoms with E-state index in [-0.39, 0.29) is 56.3 Å². The largest absolute Gasteiger partial charge is 0.426 e. The molecule has 2 aliphatic carbocycles. The number of hydrogen-bond donors (Lipinski definition) is 4. The highest BCUT2D eigenvalue weighted by molar-refractivity contribution is 7.15. The maximum absolute atomic E-state index is 14.5. The van der Waals surface area contributed by atoms with Gasteiger partial charge in [0.1, 0.15) is 5.01 Å². The van der Waals surface area contributed by atoms with E-state index in [4.69, 9.17) is 0 Å². The molecule has 3 amide bonds. The first-order valence-corrected chi connectivity index (χ1v) is 16.5. The van der Waals surface area contributed by atoms with Gasteiger partial charge in [-0.05, 0) is 67.4 Å². The van der Waals surface area contributed by atoms with Crippen LogP contribution in [0.4, 0.5) is 24.1 Å². The number of anilines is 2. The van der Waals surface area contributed by atoms with Crippen LogP contribution in [0.5, 0.6) is 0 Å². The molecule has 9 bridgehead atoms. The zero-order valence-electron chi connectivity index (χ0n) is 25.8. The minimum absolute atomic E-state index is 0.0239. The molecule has 48 heavy (non-hydrogen) atoms. The Morgan fingerprint density at radius 3 is 2.50 bits per heavy atom. The summed E-state index contributed by atoms with van der Waals surface area (Å²) in [4.78, 5) is 38.6. The van der Waals surface area contributed by atoms with Gasteiger partial charge >= 0.3 is 6.18 Å². The van der Waals surface area contributed by atoms with E-state index in [0.717, 1.165) is 23.5 Å². The summed E-state index contributed by atoms with van der Waals surface area (Å²) >= 11 is 1.27. The van der Waals surface area contributed by atoms with Crippen molar-refractivity contribution in [2.24, 2.45) is 11.3 Å². The third-order valence-corrected chi connectivity index (χ3v) is 9.90. The zero-order valence-corrected chi connectivity index (χ0v) is 26.7. The predicted octanol–water partition coefficient (Wildman–Crippen LogP) is 4.61. The molecule has 15 heteroatoms. The molecule has 2 unspecified atom stereocenters. The fraction of sp³-hybridized carbons (Fsp3) is 0.424. The van der Waals surface area contributed by atoms with Gasteiger partial charge in [-0.2, -0.15) is 18.3 Å². The van der Waals surface area contributed by atoms with Crippen LogP contribution in [0.25, 0.3) is 0 Å². The van der Waals surface area contributed by atoms with Gasteiger partial charge < -0.3 is 21.1 Å². The van der Waals surface area contributed by atoms with E-state index < -0.39 is 29.0 Å². The molecular formula is C33H34F3N7O4S. The second kappa shape index (κ2) is 13.5. The number of fused-ring (bicyclic) bond motifs is 12. The number of rotatable bonds is 0. The Labute approximate surface area is 278 Å². The molecule has 1 saturated carbocycles. The van der Waals surface area contributed by atoms with Crippen molar-refractivity contribution in [1.29, 1.82) is 0 Å². The van der Waals surface area contributed by atoms with Crippen LogP contribution < -0.4 is 16.0 Å². The Balaban J connectivity index is 1.22. The predicted molar refractivity (Wildman–Crippen MR) is 170 cm³/mol. The summed E-state index contributed by atoms with van der Waals surface area (Å²) in [7, 11) is 0. The van der Waals surface area contributed by atoms with Gasteiger partial charge in [0.05, 0.1) is 18.5 Å². The minimum atomic E-state index is -5.23. The van der Waals surface area contributed by atoms with Gasteiger partial charge in [0, 0.05) is 24.3 Å². The molecule has 2 aromatic heterocycles. The van der Waals surface area contributed by atoms with Crippen molar-refractivity contribution in [2.45, 2.75) is 76.1 Å². The summed E-state index contributed by atoms with van der Waals surface area (Å²) < 4.78 is 43.4. The van der Waals surface area contributed by atoms with E-state index in [1.807, 2.05) is 0 Å². The number of amides is 3. The Morgan fingerprint density at radius 2 is 1.71 bits per heavy atom. The lowest BCUT2D eigenvalue weighted by atomic mass is 9.80. The van der Waals surface area contributed by atoms with Crippen LogP contribution in [-0.4, -0.2) is 55.0 Å². The molecule has 0 radical (unpaired) electrons. The molecule has 1 spiro atoms. The third kappa shape index (κ3) is 7.46. The van der Waals surface area contributed by atoms with Crippen molar-refractivity contribution in [3.8, 4) is 0 Å². The van der Waals surface area contributed by atoms with Gasteiger partial charge in [-0.3, -0.25) is 14.4 Å². The maximum Gasteiger partial charge on any atom is 0.426 e. The number of benzene rings is 1. The molecule has 3 atom stereocenters. The number of aromatic nitrogens is 4. The van der Waals surface area contributed by atoms with Crippen LogP contribution >= 0.6 is 11.3 Å². The fourth-order valence-corrected chi connectivity index (χ4v) is 7.37. The van der Waals surface area contributed by atoms with Crippen LogP contribution in [0.2, 0.25) is 0 Å². The van der Waals surface area contributed by atoms with Crippen molar-refractivity contribution < 1.29 is 32.7 Å². The molecular weight excluding hydrogens is 647 g/mol. The molecule has 7 rings (SSSR count). The van der Waals surface area contributed by atoms with Gasteiger partial charge in [0.15, 0.2) is 5.82 Å². The number of allylic oxidation sites excluding steroid dienone is 3. The lowest BCUT2D eigenvalue weighted by molar-refractivity contribution is -0.268. The Morgan fingerprint density at radius 1 is 0.917 bits per heavy atom. The molecule has 4 N–H and O–H groups in total. The van der Waals surface area contributed by atoms with E-state index in [1.165, 1.54) is 11.3 Å². The number of nitrogens with one attached hydrogen (secondary N) is 3. The van der Waals surface area contributed by atoms with Crippen molar-refractivity contribution in [3.05, 3.63) is 82.0 Å². The van der Waals surface area contributed by atoms with Crippen LogP contribution in [0.3, 0.4) is 0 Å². The molecule has 1 aromatic carbocycles. The Kier molecular flexibility index (Phi) is 9.43. The maximum atomic E-state index is 14.5. The topological polar surface area (TPSA) is 159 Å². The molecule has 1 fully saturated rings. The minimum Gasteiger partial charge on any atom is -0.372 e. The van der Waals surface area contributed by atoms with E-state index in [2.05, 4.69) is 36.3 Å². The summed E-state index contributed by atoms with van der Waals surface area (Å²) in [5.41, 5.74) is -2.00. The Hall–Kier alpha value is -4.50. The number of aliphatic hydroxyl groups is 1. The first kappa shape index (κ1) is 33.4. The van der Waals surface area contributed by atoms with E-state index >= 15 is 0 Å². The number of halogens is 3. The van der Waals surface area contributed by atoms with Crippen molar-refractivity contribution in [1.82, 2.24) is 25.7 Å². The summed E-state index contributed by atoms with van der Waals surface area (Å²) in [5, 5.41) is 36.4. The van der Waals surface area contributed by atoms with E-state index in [9.17, 15) is 32.7 Å². The quantitative estimate of drug-likeness (QED) is 0.268. The van der Waals surface area contributed by atoms with E-state index in [0.29, 0.717) is 34.7 Å². The van der Waals surface area contributed by atoms with Crippen molar-refractivity contribution >= 4 is 40.0 Å². The number of alkyl halides is 3. The smallest absolute Gasteiger partial charge is 0.372 e. The zero-order chi connectivity index (χ0) is 33.9. The first-order chi connectivity index (χ1) is 22.9. The van der Waals surface area contributed by atoms with Crippen LogP contribution in [0, 0.1) is 11.3 Å². The summed E-state index contributed by atoms with van der Waals surface area (Å²) in [6.45, 7) is -0.281. The van der Waals surface area contributed by atoms with Gasteiger partial charge in [0.25, 0.3) is 5.91 Å². The number of nitrogens with zero attached hydrogens (tertiary/aromatic N) is 4. The van der Waals surface area contributed by atoms with Gasteiger partial charge in [0.2, 0.25) is 22.5 Å². The molecule has 252 valence electrons. The highest BCUT2D eigenvalue weighted by Gasteiger charge is 2.65. The molecule has 4 heterocycles. The van der Waals surface area contributed by atoms with Gasteiger partial charge in [-0.25, -0.2) is 0 Å². The third-order valence-electron chi connectivity index (χ3n) is 9.00. The molecule has 4 aliphatic rings. The number of hydrogen-bond acceptors (Lipinski definition) is 9. The number of aryl methyl sites for hydroxylation is 2. The first-order valence-electron chi connectivity index (χ1n) is 15.7. The van der Waals surface area contributed by atoms with E-state index in [1.54, 1.807) is 54.6 Å². The highest BCUT2D eigenvalue weighted by atomic mass is 32.1. The number of carbonyl (C=O) groups excluding carboxylic acids is 3. The highest BCUT2D eigenvalue weighted by Crippen LogP contribution is 2.54. The number of carbonyl (C=O) groups is 3. The standard InChI is InChI=1S/C33H34F3N7O4S/c34-33(35,36)32(47)23-11-13-31(18-23)12-10-21(17-31)16-26(44)38-25-9-8-24(40-41-25)6-1-2-7-28-42-43-30(48-28)39-27(45)15-20-4-3-5-22(14-20)19-37-29(32)46/h3-5,8-10,12,14,17,23,47H,1-2,6-7,11,13,15-16,18-19H2,(H,37,46)(H,38,41,44)(H,39,43,45)/t23?,31?,32-/m1/s1. The van der Waals surface area contributed by atoms with Gasteiger partial charge in [-0.15, -0.1) is 15.3 Å². The second-order valence-corrected chi connectivity index (χ2v) is 13.6. The average Bonchev–Trinajstić information content (AvgIpc) is 3.78. The summed E-state index contributed by atoms with van der Waals surface area (Å²) in [5.74, 6) is -3.37.